The molecule has 2 rings (SSSR count). The molecule has 140 valence electrons. The van der Waals surface area contributed by atoms with Crippen LogP contribution < -0.4 is 15.4 Å². The SMILES string of the molecule is CCNC(=NCc1ccc(C(=O)OC)c(OC)c1)NCCn1cccc1. The third kappa shape index (κ3) is 5.54. The zero-order valence-electron chi connectivity index (χ0n) is 15.5. The average molecular weight is 358 g/mol. The van der Waals surface area contributed by atoms with E-state index in [1.54, 1.807) is 12.1 Å². The predicted molar refractivity (Wildman–Crippen MR) is 102 cm³/mol. The number of aliphatic imine (C=N–C) groups is 1. The summed E-state index contributed by atoms with van der Waals surface area (Å²) in [6.45, 7) is 4.90. The first-order valence-electron chi connectivity index (χ1n) is 8.56. The summed E-state index contributed by atoms with van der Waals surface area (Å²) in [6, 6.07) is 9.36. The first kappa shape index (κ1) is 19.4. The molecule has 2 aromatic rings. The third-order valence-electron chi connectivity index (χ3n) is 3.76. The minimum Gasteiger partial charge on any atom is -0.496 e. The Morgan fingerprint density at radius 1 is 1.19 bits per heavy atom. The number of carbonyl (C=O) groups excluding carboxylic acids is 1. The van der Waals surface area contributed by atoms with E-state index in [-0.39, 0.29) is 0 Å². The molecular formula is C19H26N4O3. The lowest BCUT2D eigenvalue weighted by atomic mass is 10.1. The maximum atomic E-state index is 11.7. The molecule has 0 bridgehead atoms. The molecule has 1 heterocycles. The number of methoxy groups -OCH3 is 2. The molecule has 26 heavy (non-hydrogen) atoms. The first-order valence-corrected chi connectivity index (χ1v) is 8.56. The van der Waals surface area contributed by atoms with Crippen LogP contribution in [0.25, 0.3) is 0 Å². The fourth-order valence-electron chi connectivity index (χ4n) is 2.45. The van der Waals surface area contributed by atoms with Crippen molar-refractivity contribution in [3.8, 4) is 5.75 Å². The van der Waals surface area contributed by atoms with Crippen molar-refractivity contribution in [2.24, 2.45) is 4.99 Å². The Hall–Kier alpha value is -2.96. The van der Waals surface area contributed by atoms with Crippen molar-refractivity contribution < 1.29 is 14.3 Å². The summed E-state index contributed by atoms with van der Waals surface area (Å²) in [5.74, 6) is 0.808. The summed E-state index contributed by atoms with van der Waals surface area (Å²) in [4.78, 5) is 16.3. The molecule has 0 unspecified atom stereocenters. The zero-order valence-corrected chi connectivity index (χ0v) is 15.5. The van der Waals surface area contributed by atoms with Crippen molar-refractivity contribution in [2.45, 2.75) is 20.0 Å². The minimum absolute atomic E-state index is 0.402. The van der Waals surface area contributed by atoms with Gasteiger partial charge < -0.3 is 24.7 Å². The summed E-state index contributed by atoms with van der Waals surface area (Å²) < 4.78 is 12.1. The van der Waals surface area contributed by atoms with Gasteiger partial charge in [0.2, 0.25) is 0 Å². The lowest BCUT2D eigenvalue weighted by molar-refractivity contribution is 0.0597. The Bertz CT molecular complexity index is 726. The second-order valence-electron chi connectivity index (χ2n) is 5.57. The second kappa shape index (κ2) is 10.1. The molecule has 0 saturated carbocycles. The maximum Gasteiger partial charge on any atom is 0.341 e. The Kier molecular flexibility index (Phi) is 7.54. The first-order chi connectivity index (χ1) is 12.7. The van der Waals surface area contributed by atoms with Gasteiger partial charge in [0.25, 0.3) is 0 Å². The van der Waals surface area contributed by atoms with Gasteiger partial charge in [-0.25, -0.2) is 9.79 Å². The van der Waals surface area contributed by atoms with Crippen LogP contribution in [0.5, 0.6) is 5.75 Å². The highest BCUT2D eigenvalue weighted by Crippen LogP contribution is 2.21. The van der Waals surface area contributed by atoms with E-state index in [1.165, 1.54) is 14.2 Å². The van der Waals surface area contributed by atoms with Gasteiger partial charge in [-0.05, 0) is 36.8 Å². The van der Waals surface area contributed by atoms with Crippen LogP contribution >= 0.6 is 0 Å². The normalized spacial score (nSPS) is 11.1. The molecule has 7 heteroatoms. The van der Waals surface area contributed by atoms with Crippen LogP contribution in [0, 0.1) is 0 Å². The zero-order chi connectivity index (χ0) is 18.8. The summed E-state index contributed by atoms with van der Waals surface area (Å²) in [6.07, 6.45) is 4.06. The number of guanidine groups is 1. The van der Waals surface area contributed by atoms with Gasteiger partial charge in [0.05, 0.1) is 20.8 Å². The fourth-order valence-corrected chi connectivity index (χ4v) is 2.45. The summed E-state index contributed by atoms with van der Waals surface area (Å²) in [5.41, 5.74) is 1.34. The number of esters is 1. The maximum absolute atomic E-state index is 11.7. The lowest BCUT2D eigenvalue weighted by Crippen LogP contribution is -2.38. The van der Waals surface area contributed by atoms with Crippen molar-refractivity contribution in [3.05, 3.63) is 53.9 Å². The molecule has 0 amide bonds. The van der Waals surface area contributed by atoms with Gasteiger partial charge in [-0.2, -0.15) is 0 Å². The highest BCUT2D eigenvalue weighted by molar-refractivity contribution is 5.92. The van der Waals surface area contributed by atoms with Crippen LogP contribution in [-0.4, -0.2) is 43.8 Å². The molecule has 7 nitrogen and oxygen atoms in total. The molecule has 0 saturated heterocycles. The van der Waals surface area contributed by atoms with E-state index in [4.69, 9.17) is 9.47 Å². The standard InChI is InChI=1S/C19H26N4O3/c1-4-20-19(21-9-12-23-10-5-6-11-23)22-14-15-7-8-16(18(24)26-3)17(13-15)25-2/h5-8,10-11,13H,4,9,12,14H2,1-3H3,(H2,20,21,22). The van der Waals surface area contributed by atoms with E-state index in [0.717, 1.165) is 31.2 Å². The highest BCUT2D eigenvalue weighted by Gasteiger charge is 2.12. The minimum atomic E-state index is -0.420. The Morgan fingerprint density at radius 2 is 1.96 bits per heavy atom. The number of hydrogen-bond donors (Lipinski definition) is 2. The summed E-state index contributed by atoms with van der Waals surface area (Å²) >= 11 is 0. The predicted octanol–water partition coefficient (Wildman–Crippen LogP) is 2.04. The van der Waals surface area contributed by atoms with Crippen LogP contribution in [-0.2, 0) is 17.8 Å². The quantitative estimate of drug-likeness (QED) is 0.429. The van der Waals surface area contributed by atoms with Crippen molar-refractivity contribution in [3.63, 3.8) is 0 Å². The van der Waals surface area contributed by atoms with Gasteiger partial charge in [0.15, 0.2) is 5.96 Å². The van der Waals surface area contributed by atoms with Crippen molar-refractivity contribution in [1.29, 1.82) is 0 Å². The molecule has 0 aliphatic heterocycles. The number of hydrogen-bond acceptors (Lipinski definition) is 4. The van der Waals surface area contributed by atoms with E-state index < -0.39 is 5.97 Å². The van der Waals surface area contributed by atoms with E-state index in [1.807, 2.05) is 37.5 Å². The molecule has 0 spiro atoms. The molecule has 0 fully saturated rings. The fraction of sp³-hybridized carbons (Fsp3) is 0.368. The number of benzene rings is 1. The molecule has 0 atom stereocenters. The molecule has 2 N–H and O–H groups in total. The van der Waals surface area contributed by atoms with Crippen LogP contribution in [0.1, 0.15) is 22.8 Å². The van der Waals surface area contributed by atoms with Gasteiger partial charge in [0, 0.05) is 32.0 Å². The monoisotopic (exact) mass is 358 g/mol. The van der Waals surface area contributed by atoms with Gasteiger partial charge in [0.1, 0.15) is 11.3 Å². The van der Waals surface area contributed by atoms with E-state index in [0.29, 0.717) is 17.9 Å². The van der Waals surface area contributed by atoms with Crippen molar-refractivity contribution in [2.75, 3.05) is 27.3 Å². The van der Waals surface area contributed by atoms with Crippen molar-refractivity contribution >= 4 is 11.9 Å². The number of ether oxygens (including phenoxy) is 2. The van der Waals surface area contributed by atoms with Crippen LogP contribution in [0.3, 0.4) is 0 Å². The van der Waals surface area contributed by atoms with E-state index in [9.17, 15) is 4.79 Å². The van der Waals surface area contributed by atoms with Crippen LogP contribution in [0.2, 0.25) is 0 Å². The summed E-state index contributed by atoms with van der Waals surface area (Å²) in [5, 5.41) is 6.53. The average Bonchev–Trinajstić information content (AvgIpc) is 3.18. The number of rotatable bonds is 8. The molecule has 0 aliphatic carbocycles. The summed E-state index contributed by atoms with van der Waals surface area (Å²) in [7, 11) is 2.88. The number of nitrogens with one attached hydrogen (secondary N) is 2. The lowest BCUT2D eigenvalue weighted by Gasteiger charge is -2.12. The number of nitrogens with zero attached hydrogens (tertiary/aromatic N) is 2. The van der Waals surface area contributed by atoms with Gasteiger partial charge in [-0.3, -0.25) is 0 Å². The largest absolute Gasteiger partial charge is 0.496 e. The second-order valence-corrected chi connectivity index (χ2v) is 5.57. The highest BCUT2D eigenvalue weighted by atomic mass is 16.5. The van der Waals surface area contributed by atoms with Gasteiger partial charge >= 0.3 is 5.97 Å². The van der Waals surface area contributed by atoms with Crippen LogP contribution in [0.15, 0.2) is 47.7 Å². The molecule has 0 aliphatic rings. The van der Waals surface area contributed by atoms with Gasteiger partial charge in [-0.1, -0.05) is 6.07 Å². The van der Waals surface area contributed by atoms with E-state index >= 15 is 0 Å². The molecule has 1 aromatic heterocycles. The number of carbonyl (C=O) groups is 1. The van der Waals surface area contributed by atoms with Crippen LogP contribution in [0.4, 0.5) is 0 Å². The molecule has 0 radical (unpaired) electrons. The Morgan fingerprint density at radius 3 is 2.62 bits per heavy atom. The van der Waals surface area contributed by atoms with E-state index in [2.05, 4.69) is 20.2 Å². The Labute approximate surface area is 154 Å². The number of aromatic nitrogens is 1. The third-order valence-corrected chi connectivity index (χ3v) is 3.76. The smallest absolute Gasteiger partial charge is 0.341 e. The topological polar surface area (TPSA) is 76.9 Å². The van der Waals surface area contributed by atoms with Gasteiger partial charge in [-0.15, -0.1) is 0 Å². The molecule has 1 aromatic carbocycles. The molecular weight excluding hydrogens is 332 g/mol. The Balaban J connectivity index is 2.00. The van der Waals surface area contributed by atoms with Crippen molar-refractivity contribution in [1.82, 2.24) is 15.2 Å².